The van der Waals surface area contributed by atoms with Crippen molar-refractivity contribution >= 4 is 23.1 Å². The second-order valence-electron chi connectivity index (χ2n) is 9.09. The zero-order chi connectivity index (χ0) is 24.1. The lowest BCUT2D eigenvalue weighted by atomic mass is 9.84. The zero-order valence-electron chi connectivity index (χ0n) is 19.6. The standard InChI is InChI=1S/C27H31F3N4/c1-3-18(2)19-9-13-22(14-10-19)32-25-24(27(28,29)30)17-31-26(34-25)33-23-15-11-21(12-16-23)20-7-5-4-6-8-20/h9-18,20H,3-8H2,1-2H3,(H2,31,32,33,34). The van der Waals surface area contributed by atoms with Gasteiger partial charge in [0.15, 0.2) is 0 Å². The van der Waals surface area contributed by atoms with Gasteiger partial charge in [-0.25, -0.2) is 4.98 Å². The third kappa shape index (κ3) is 5.88. The van der Waals surface area contributed by atoms with Crippen LogP contribution in [0.3, 0.4) is 0 Å². The number of hydrogen-bond donors (Lipinski definition) is 2. The molecule has 1 fully saturated rings. The minimum Gasteiger partial charge on any atom is -0.340 e. The summed E-state index contributed by atoms with van der Waals surface area (Å²) in [5, 5.41) is 5.87. The number of rotatable bonds is 7. The lowest BCUT2D eigenvalue weighted by Crippen LogP contribution is -2.12. The Bertz CT molecular complexity index is 1070. The fourth-order valence-electron chi connectivity index (χ4n) is 4.42. The molecule has 0 spiro atoms. The molecule has 0 aliphatic heterocycles. The van der Waals surface area contributed by atoms with Crippen LogP contribution in [0.5, 0.6) is 0 Å². The molecule has 1 saturated carbocycles. The Morgan fingerprint density at radius 3 is 2.15 bits per heavy atom. The summed E-state index contributed by atoms with van der Waals surface area (Å²) in [5.74, 6) is 0.809. The van der Waals surface area contributed by atoms with Gasteiger partial charge in [0.25, 0.3) is 0 Å². The molecule has 34 heavy (non-hydrogen) atoms. The maximum absolute atomic E-state index is 13.6. The minimum atomic E-state index is -4.57. The lowest BCUT2D eigenvalue weighted by molar-refractivity contribution is -0.137. The number of nitrogens with zero attached hydrogens (tertiary/aromatic N) is 2. The summed E-state index contributed by atoms with van der Waals surface area (Å²) in [6.07, 6.45) is 3.50. The van der Waals surface area contributed by atoms with E-state index in [1.807, 2.05) is 24.3 Å². The van der Waals surface area contributed by atoms with Gasteiger partial charge in [-0.3, -0.25) is 0 Å². The molecule has 180 valence electrons. The third-order valence-corrected chi connectivity index (χ3v) is 6.69. The molecule has 0 bridgehead atoms. The maximum Gasteiger partial charge on any atom is 0.421 e. The fourth-order valence-corrected chi connectivity index (χ4v) is 4.42. The molecule has 1 aliphatic rings. The highest BCUT2D eigenvalue weighted by atomic mass is 19.4. The van der Waals surface area contributed by atoms with Gasteiger partial charge >= 0.3 is 6.18 Å². The van der Waals surface area contributed by atoms with Crippen molar-refractivity contribution in [2.24, 2.45) is 0 Å². The van der Waals surface area contributed by atoms with Crippen LogP contribution in [0.1, 0.15) is 80.9 Å². The highest BCUT2D eigenvalue weighted by molar-refractivity contribution is 5.63. The van der Waals surface area contributed by atoms with Crippen molar-refractivity contribution in [1.29, 1.82) is 0 Å². The van der Waals surface area contributed by atoms with Crippen LogP contribution < -0.4 is 10.6 Å². The summed E-state index contributed by atoms with van der Waals surface area (Å²) in [4.78, 5) is 8.08. The second kappa shape index (κ2) is 10.5. The van der Waals surface area contributed by atoms with E-state index < -0.39 is 11.7 Å². The summed E-state index contributed by atoms with van der Waals surface area (Å²) in [6.45, 7) is 4.22. The van der Waals surface area contributed by atoms with E-state index in [9.17, 15) is 13.2 Å². The van der Waals surface area contributed by atoms with Crippen molar-refractivity contribution in [1.82, 2.24) is 9.97 Å². The Morgan fingerprint density at radius 2 is 1.53 bits per heavy atom. The average Bonchev–Trinajstić information content (AvgIpc) is 2.84. The van der Waals surface area contributed by atoms with Crippen molar-refractivity contribution in [3.05, 3.63) is 71.4 Å². The Morgan fingerprint density at radius 1 is 0.912 bits per heavy atom. The van der Waals surface area contributed by atoms with Gasteiger partial charge in [0, 0.05) is 17.6 Å². The van der Waals surface area contributed by atoms with Crippen LogP contribution in [-0.4, -0.2) is 9.97 Å². The van der Waals surface area contributed by atoms with E-state index in [1.165, 1.54) is 37.7 Å². The molecule has 0 saturated heterocycles. The van der Waals surface area contributed by atoms with Gasteiger partial charge < -0.3 is 10.6 Å². The molecule has 1 heterocycles. The molecule has 1 atom stereocenters. The normalized spacial score (nSPS) is 15.7. The number of alkyl halides is 3. The Labute approximate surface area is 199 Å². The monoisotopic (exact) mass is 468 g/mol. The van der Waals surface area contributed by atoms with Gasteiger partial charge in [-0.05, 0) is 66.5 Å². The van der Waals surface area contributed by atoms with Crippen molar-refractivity contribution < 1.29 is 13.2 Å². The zero-order valence-corrected chi connectivity index (χ0v) is 19.6. The lowest BCUT2D eigenvalue weighted by Gasteiger charge is -2.22. The van der Waals surface area contributed by atoms with Crippen LogP contribution in [0, 0.1) is 0 Å². The molecule has 2 N–H and O–H groups in total. The van der Waals surface area contributed by atoms with Crippen molar-refractivity contribution in [2.45, 2.75) is 70.4 Å². The summed E-state index contributed by atoms with van der Waals surface area (Å²) in [7, 11) is 0. The van der Waals surface area contributed by atoms with Crippen LogP contribution in [-0.2, 0) is 6.18 Å². The smallest absolute Gasteiger partial charge is 0.340 e. The number of hydrogen-bond acceptors (Lipinski definition) is 4. The molecular weight excluding hydrogens is 437 g/mol. The van der Waals surface area contributed by atoms with Crippen LogP contribution in [0.15, 0.2) is 54.7 Å². The van der Waals surface area contributed by atoms with E-state index in [0.29, 0.717) is 17.5 Å². The van der Waals surface area contributed by atoms with E-state index in [-0.39, 0.29) is 11.8 Å². The fraction of sp³-hybridized carbons (Fsp3) is 0.407. The molecule has 1 aliphatic carbocycles. The predicted octanol–water partition coefficient (Wildman–Crippen LogP) is 8.54. The molecule has 0 radical (unpaired) electrons. The van der Waals surface area contributed by atoms with Gasteiger partial charge in [-0.2, -0.15) is 18.2 Å². The SMILES string of the molecule is CCC(C)c1ccc(Nc2nc(Nc3ccc(C4CCCCC4)cc3)ncc2C(F)(F)F)cc1. The molecule has 2 aromatic carbocycles. The number of anilines is 4. The molecule has 1 aromatic heterocycles. The quantitative estimate of drug-likeness (QED) is 0.365. The third-order valence-electron chi connectivity index (χ3n) is 6.69. The van der Waals surface area contributed by atoms with E-state index in [0.717, 1.165) is 23.9 Å². The van der Waals surface area contributed by atoms with Gasteiger partial charge in [0.2, 0.25) is 5.95 Å². The van der Waals surface area contributed by atoms with E-state index in [4.69, 9.17) is 0 Å². The Balaban J connectivity index is 1.53. The highest BCUT2D eigenvalue weighted by Crippen LogP contribution is 2.36. The highest BCUT2D eigenvalue weighted by Gasteiger charge is 2.35. The first-order chi connectivity index (χ1) is 16.3. The molecular formula is C27H31F3N4. The van der Waals surface area contributed by atoms with Crippen LogP contribution >= 0.6 is 0 Å². The molecule has 7 heteroatoms. The van der Waals surface area contributed by atoms with Crippen LogP contribution in [0.25, 0.3) is 0 Å². The first kappa shape index (κ1) is 24.0. The van der Waals surface area contributed by atoms with Crippen molar-refractivity contribution in [2.75, 3.05) is 10.6 Å². The second-order valence-corrected chi connectivity index (χ2v) is 9.09. The minimum absolute atomic E-state index is 0.108. The number of nitrogens with one attached hydrogen (secondary N) is 2. The van der Waals surface area contributed by atoms with Crippen LogP contribution in [0.4, 0.5) is 36.3 Å². The van der Waals surface area contributed by atoms with Gasteiger partial charge in [0.1, 0.15) is 11.4 Å². The molecule has 4 nitrogen and oxygen atoms in total. The van der Waals surface area contributed by atoms with E-state index in [1.54, 1.807) is 12.1 Å². The van der Waals surface area contributed by atoms with Gasteiger partial charge in [-0.1, -0.05) is 57.4 Å². The molecule has 1 unspecified atom stereocenters. The topological polar surface area (TPSA) is 49.8 Å². The van der Waals surface area contributed by atoms with Gasteiger partial charge in [-0.15, -0.1) is 0 Å². The Hall–Kier alpha value is -3.09. The van der Waals surface area contributed by atoms with Crippen molar-refractivity contribution in [3.63, 3.8) is 0 Å². The Kier molecular flexibility index (Phi) is 7.39. The van der Waals surface area contributed by atoms with E-state index in [2.05, 4.69) is 46.6 Å². The predicted molar refractivity (Wildman–Crippen MR) is 131 cm³/mol. The average molecular weight is 469 g/mol. The molecule has 0 amide bonds. The number of halogens is 3. The first-order valence-corrected chi connectivity index (χ1v) is 12.0. The number of benzene rings is 2. The summed E-state index contributed by atoms with van der Waals surface area (Å²) in [6, 6.07) is 15.5. The molecule has 4 rings (SSSR count). The molecule has 3 aromatic rings. The summed E-state index contributed by atoms with van der Waals surface area (Å²) < 4.78 is 40.8. The van der Waals surface area contributed by atoms with Crippen molar-refractivity contribution in [3.8, 4) is 0 Å². The van der Waals surface area contributed by atoms with Gasteiger partial charge in [0.05, 0.1) is 0 Å². The number of aromatic nitrogens is 2. The first-order valence-electron chi connectivity index (χ1n) is 12.0. The largest absolute Gasteiger partial charge is 0.421 e. The van der Waals surface area contributed by atoms with E-state index >= 15 is 0 Å². The maximum atomic E-state index is 13.6. The summed E-state index contributed by atoms with van der Waals surface area (Å²) in [5.41, 5.74) is 2.83. The van der Waals surface area contributed by atoms with Crippen LogP contribution in [0.2, 0.25) is 0 Å². The summed E-state index contributed by atoms with van der Waals surface area (Å²) >= 11 is 0.